The summed E-state index contributed by atoms with van der Waals surface area (Å²) < 4.78 is 43.7. The number of benzene rings is 1. The number of aliphatic hydroxyl groups is 10. The first-order valence-electron chi connectivity index (χ1n) is 17.7. The number of hydrogen-bond acceptors (Lipinski definition) is 21. The van der Waals surface area contributed by atoms with Crippen LogP contribution in [-0.4, -0.2) is 192 Å². The van der Waals surface area contributed by atoms with Crippen LogP contribution in [0.5, 0.6) is 5.75 Å². The molecule has 2 aromatic rings. The topological polar surface area (TPSA) is 364 Å². The van der Waals surface area contributed by atoms with E-state index in [0.717, 1.165) is 0 Å². The van der Waals surface area contributed by atoms with E-state index in [1.165, 1.54) is 18.2 Å². The molecule has 0 unspecified atom stereocenters. The van der Waals surface area contributed by atoms with Gasteiger partial charge in [-0.2, -0.15) is 0 Å². The first-order chi connectivity index (χ1) is 27.5. The molecule has 0 radical (unpaired) electrons. The molecule has 0 aliphatic carbocycles. The second-order valence-electron chi connectivity index (χ2n) is 13.7. The molecule has 58 heavy (non-hydrogen) atoms. The largest absolute Gasteiger partial charge is 0.477 e. The van der Waals surface area contributed by atoms with Gasteiger partial charge in [0.2, 0.25) is 6.29 Å². The minimum atomic E-state index is -3.14. The van der Waals surface area contributed by atoms with Crippen molar-refractivity contribution in [1.29, 1.82) is 0 Å². The molecule has 4 heterocycles. The fraction of sp³-hybridized carbons (Fsp3) is 0.629. The van der Waals surface area contributed by atoms with Gasteiger partial charge in [0.25, 0.3) is 5.79 Å². The molecule has 12 N–H and O–H groups in total. The molecule has 3 aliphatic heterocycles. The number of aryl methyl sites for hydroxylation is 1. The number of aliphatic hydroxyl groups excluding tert-OH is 10. The van der Waals surface area contributed by atoms with Crippen LogP contribution in [0, 0.1) is 19.3 Å². The quantitative estimate of drug-likeness (QED) is 0.0624. The Kier molecular flexibility index (Phi) is 14.7. The van der Waals surface area contributed by atoms with Crippen molar-refractivity contribution >= 4 is 23.0 Å². The zero-order valence-corrected chi connectivity index (χ0v) is 30.5. The molecule has 3 aliphatic rings. The minimum absolute atomic E-state index is 0.0216. The third kappa shape index (κ3) is 9.37. The van der Waals surface area contributed by atoms with Crippen molar-refractivity contribution in [3.8, 4) is 18.1 Å². The third-order valence-corrected chi connectivity index (χ3v) is 9.82. The zero-order chi connectivity index (χ0) is 42.6. The van der Waals surface area contributed by atoms with Crippen LogP contribution in [0.25, 0.3) is 11.0 Å². The second kappa shape index (κ2) is 18.9. The molecule has 1 amide bonds. The van der Waals surface area contributed by atoms with Crippen molar-refractivity contribution in [3.05, 3.63) is 40.2 Å². The minimum Gasteiger partial charge on any atom is -0.477 e. The standard InChI is InChI=1S/C35H45NO22/c1-3-6-51-34(50)36-22-16(40)9-35(33(48)49,57-29(22)23(43)17(41)10-37)58-30-24(44)19(11-38)54-32(27(30)47)56-28-20(12-39)55-31(26(46)25(28)45)52-14-4-5-15-13(2)7-21(42)53-18(15)8-14/h1,4-5,7-8,16-17,19-20,22-32,37-41,43-47H,6,9-12H2,2H3,(H,36,50)(H,48,49)/t16-,17+,19+,20+,22+,23+,24-,25+,26+,27+,28+,29+,30-,31+,32-,35-/m0/s1. The SMILES string of the molecule is C#CCOC(=O)N[C@H]1[C@H]([C@H](O)[C@H](O)CO)O[C@@](O[C@H]2[C@@H](O)[C@@H](CO)O[C@@H](O[C@H]3[C@H](O)[C@@H](O)[C@H](Oc4ccc5c(C)cc(=O)oc5c4)O[C@@H]3CO)[C@@H]2O)(C(=O)O)C[C@@H]1O. The van der Waals surface area contributed by atoms with E-state index in [4.69, 9.17) is 44.0 Å². The Labute approximate surface area is 327 Å². The maximum atomic E-state index is 12.9. The van der Waals surface area contributed by atoms with E-state index >= 15 is 0 Å². The van der Waals surface area contributed by atoms with Crippen LogP contribution in [0.4, 0.5) is 4.79 Å². The number of carboxylic acids is 1. The number of fused-ring (bicyclic) bond motifs is 1. The number of carbonyl (C=O) groups is 2. The fourth-order valence-electron chi connectivity index (χ4n) is 6.81. The third-order valence-electron chi connectivity index (χ3n) is 9.82. The Hall–Kier alpha value is -4.07. The molecular formula is C35H45NO22. The van der Waals surface area contributed by atoms with Gasteiger partial charge >= 0.3 is 17.7 Å². The molecule has 3 saturated heterocycles. The van der Waals surface area contributed by atoms with Gasteiger partial charge in [-0.1, -0.05) is 5.92 Å². The predicted octanol–water partition coefficient (Wildman–Crippen LogP) is -5.50. The van der Waals surface area contributed by atoms with Crippen LogP contribution >= 0.6 is 0 Å². The smallest absolute Gasteiger partial charge is 0.408 e. The molecular weight excluding hydrogens is 786 g/mol. The van der Waals surface area contributed by atoms with Gasteiger partial charge in [0.15, 0.2) is 12.9 Å². The van der Waals surface area contributed by atoms with Crippen LogP contribution < -0.4 is 15.7 Å². The molecule has 16 atom stereocenters. The summed E-state index contributed by atoms with van der Waals surface area (Å²) in [5, 5.41) is 120. The summed E-state index contributed by atoms with van der Waals surface area (Å²) >= 11 is 0. The number of ether oxygens (including phenoxy) is 7. The highest BCUT2D eigenvalue weighted by Gasteiger charge is 2.60. The Bertz CT molecular complexity index is 1830. The van der Waals surface area contributed by atoms with E-state index in [-0.39, 0.29) is 11.3 Å². The highest BCUT2D eigenvalue weighted by Crippen LogP contribution is 2.38. The van der Waals surface area contributed by atoms with Crippen LogP contribution in [0.15, 0.2) is 33.5 Å². The van der Waals surface area contributed by atoms with Crippen LogP contribution in [0.2, 0.25) is 0 Å². The van der Waals surface area contributed by atoms with Crippen molar-refractivity contribution in [3.63, 3.8) is 0 Å². The summed E-state index contributed by atoms with van der Waals surface area (Å²) in [7, 11) is 0. The van der Waals surface area contributed by atoms with Gasteiger partial charge in [0.1, 0.15) is 78.5 Å². The average molecular weight is 832 g/mol. The number of alkyl carbamates (subject to hydrolysis) is 1. The van der Waals surface area contributed by atoms with Gasteiger partial charge in [-0.15, -0.1) is 6.42 Å². The predicted molar refractivity (Wildman–Crippen MR) is 185 cm³/mol. The zero-order valence-electron chi connectivity index (χ0n) is 30.5. The number of terminal acetylenes is 1. The van der Waals surface area contributed by atoms with Crippen molar-refractivity contribution in [2.24, 2.45) is 0 Å². The number of rotatable bonds is 14. The van der Waals surface area contributed by atoms with Crippen LogP contribution in [-0.2, 0) is 33.2 Å². The van der Waals surface area contributed by atoms with E-state index in [1.807, 2.05) is 5.92 Å². The first-order valence-corrected chi connectivity index (χ1v) is 17.7. The van der Waals surface area contributed by atoms with E-state index < -0.39 is 148 Å². The van der Waals surface area contributed by atoms with E-state index in [1.54, 1.807) is 13.0 Å². The summed E-state index contributed by atoms with van der Waals surface area (Å²) in [6.45, 7) is -1.90. The summed E-state index contributed by atoms with van der Waals surface area (Å²) in [4.78, 5) is 37.0. The van der Waals surface area contributed by atoms with E-state index in [0.29, 0.717) is 10.9 Å². The molecule has 0 saturated carbocycles. The lowest BCUT2D eigenvalue weighted by atomic mass is 9.88. The van der Waals surface area contributed by atoms with Gasteiger partial charge in [0, 0.05) is 23.9 Å². The van der Waals surface area contributed by atoms with Crippen molar-refractivity contribution in [1.82, 2.24) is 5.32 Å². The number of hydrogen-bond donors (Lipinski definition) is 12. The maximum absolute atomic E-state index is 12.9. The summed E-state index contributed by atoms with van der Waals surface area (Å²) in [5.41, 5.74) is 0.120. The number of amides is 1. The van der Waals surface area contributed by atoms with Crippen LogP contribution in [0.1, 0.15) is 12.0 Å². The molecule has 1 aromatic carbocycles. The van der Waals surface area contributed by atoms with Gasteiger partial charge in [-0.05, 0) is 24.6 Å². The summed E-state index contributed by atoms with van der Waals surface area (Å²) in [6.07, 6.45) is -25.0. The summed E-state index contributed by atoms with van der Waals surface area (Å²) in [5.74, 6) is -3.14. The Balaban J connectivity index is 1.37. The number of aliphatic carboxylic acids is 1. The fourth-order valence-corrected chi connectivity index (χ4v) is 6.81. The van der Waals surface area contributed by atoms with Gasteiger partial charge in [-0.3, -0.25) is 0 Å². The molecule has 0 spiro atoms. The van der Waals surface area contributed by atoms with Crippen molar-refractivity contribution in [2.45, 2.75) is 111 Å². The van der Waals surface area contributed by atoms with E-state index in [2.05, 4.69) is 5.32 Å². The maximum Gasteiger partial charge on any atom is 0.408 e. The number of nitrogens with one attached hydrogen (secondary N) is 1. The van der Waals surface area contributed by atoms with E-state index in [9.17, 15) is 70.6 Å². The molecule has 322 valence electrons. The van der Waals surface area contributed by atoms with Crippen molar-refractivity contribution in [2.75, 3.05) is 26.4 Å². The normalized spacial score (nSPS) is 36.3. The Morgan fingerprint density at radius 1 is 0.966 bits per heavy atom. The lowest BCUT2D eigenvalue weighted by Crippen LogP contribution is -2.71. The molecule has 23 heteroatoms. The molecule has 23 nitrogen and oxygen atoms in total. The molecule has 5 rings (SSSR count). The molecule has 3 fully saturated rings. The summed E-state index contributed by atoms with van der Waals surface area (Å²) in [6, 6.07) is 3.89. The lowest BCUT2D eigenvalue weighted by molar-refractivity contribution is -0.384. The molecule has 1 aromatic heterocycles. The molecule has 0 bridgehead atoms. The van der Waals surface area contributed by atoms with Crippen molar-refractivity contribution < 1.29 is 103 Å². The van der Waals surface area contributed by atoms with Gasteiger partial charge < -0.3 is 99.1 Å². The monoisotopic (exact) mass is 831 g/mol. The van der Waals surface area contributed by atoms with Crippen LogP contribution in [0.3, 0.4) is 0 Å². The Morgan fingerprint density at radius 3 is 2.29 bits per heavy atom. The number of carboxylic acid groups (broad SMARTS) is 1. The lowest BCUT2D eigenvalue weighted by Gasteiger charge is -2.50. The first kappa shape index (κ1) is 45.0. The van der Waals surface area contributed by atoms with Gasteiger partial charge in [0.05, 0.1) is 32.0 Å². The highest BCUT2D eigenvalue weighted by molar-refractivity contribution is 5.81. The second-order valence-corrected chi connectivity index (χ2v) is 13.7. The number of carbonyl (C=O) groups excluding carboxylic acids is 1. The van der Waals surface area contributed by atoms with Gasteiger partial charge in [-0.25, -0.2) is 14.4 Å². The average Bonchev–Trinajstić information content (AvgIpc) is 3.19. The highest BCUT2D eigenvalue weighted by atomic mass is 16.8. The Morgan fingerprint density at radius 2 is 1.66 bits per heavy atom.